The van der Waals surface area contributed by atoms with Gasteiger partial charge in [0.05, 0.1) is 0 Å². The molecule has 2 N–H and O–H groups in total. The average molecular weight is 239 g/mol. The molecule has 2 unspecified atom stereocenters. The lowest BCUT2D eigenvalue weighted by Crippen LogP contribution is -2.50. The Labute approximate surface area is 102 Å². The predicted molar refractivity (Wildman–Crippen MR) is 70.0 cm³/mol. The van der Waals surface area contributed by atoms with Crippen molar-refractivity contribution in [3.05, 3.63) is 22.4 Å². The van der Waals surface area contributed by atoms with E-state index in [2.05, 4.69) is 47.1 Å². The summed E-state index contributed by atoms with van der Waals surface area (Å²) in [5.41, 5.74) is 0. The number of nitrogens with one attached hydrogen (secondary N) is 2. The van der Waals surface area contributed by atoms with Gasteiger partial charge in [0.2, 0.25) is 0 Å². The smallest absolute Gasteiger partial charge is 0.0427 e. The highest BCUT2D eigenvalue weighted by molar-refractivity contribution is 7.10. The summed E-state index contributed by atoms with van der Waals surface area (Å²) < 4.78 is 0. The van der Waals surface area contributed by atoms with Crippen molar-refractivity contribution in [3.8, 4) is 0 Å². The van der Waals surface area contributed by atoms with Crippen LogP contribution in [0.1, 0.15) is 17.3 Å². The predicted octanol–water partition coefficient (Wildman–Crippen LogP) is 1.30. The zero-order chi connectivity index (χ0) is 11.4. The Bertz CT molecular complexity index is 299. The van der Waals surface area contributed by atoms with Gasteiger partial charge < -0.3 is 15.5 Å². The fourth-order valence-corrected chi connectivity index (χ4v) is 3.15. The number of likely N-dealkylation sites (N-methyl/N-ethyl adjacent to an activating group) is 1. The number of piperazine rings is 1. The van der Waals surface area contributed by atoms with Gasteiger partial charge in [0.15, 0.2) is 0 Å². The molecule has 90 valence electrons. The summed E-state index contributed by atoms with van der Waals surface area (Å²) >= 11 is 1.84. The van der Waals surface area contributed by atoms with Crippen molar-refractivity contribution in [1.29, 1.82) is 0 Å². The molecule has 0 radical (unpaired) electrons. The molecular weight excluding hydrogens is 218 g/mol. The quantitative estimate of drug-likeness (QED) is 0.829. The number of thiophene rings is 1. The number of rotatable bonds is 4. The van der Waals surface area contributed by atoms with Crippen LogP contribution in [0, 0.1) is 0 Å². The molecule has 0 aliphatic carbocycles. The van der Waals surface area contributed by atoms with Crippen molar-refractivity contribution in [2.24, 2.45) is 0 Å². The zero-order valence-electron chi connectivity index (χ0n) is 10.1. The van der Waals surface area contributed by atoms with E-state index >= 15 is 0 Å². The molecule has 1 aromatic rings. The highest BCUT2D eigenvalue weighted by Gasteiger charge is 2.21. The maximum absolute atomic E-state index is 3.60. The van der Waals surface area contributed by atoms with Crippen molar-refractivity contribution in [3.63, 3.8) is 0 Å². The summed E-state index contributed by atoms with van der Waals surface area (Å²) in [7, 11) is 4.25. The molecule has 1 saturated heterocycles. The molecule has 1 aliphatic heterocycles. The Morgan fingerprint density at radius 2 is 2.56 bits per heavy atom. The number of nitrogens with zero attached hydrogens (tertiary/aromatic N) is 1. The van der Waals surface area contributed by atoms with Gasteiger partial charge in [-0.1, -0.05) is 6.07 Å². The molecule has 0 saturated carbocycles. The Kier molecular flexibility index (Phi) is 4.35. The van der Waals surface area contributed by atoms with Crippen LogP contribution in [0.2, 0.25) is 0 Å². The summed E-state index contributed by atoms with van der Waals surface area (Å²) in [6, 6.07) is 5.45. The summed E-state index contributed by atoms with van der Waals surface area (Å²) in [6.45, 7) is 3.44. The second-order valence-electron chi connectivity index (χ2n) is 4.51. The van der Waals surface area contributed by atoms with E-state index in [0.29, 0.717) is 12.1 Å². The molecule has 2 rings (SSSR count). The van der Waals surface area contributed by atoms with Gasteiger partial charge in [0, 0.05) is 36.6 Å². The van der Waals surface area contributed by atoms with Crippen LogP contribution in [0.4, 0.5) is 0 Å². The van der Waals surface area contributed by atoms with E-state index in [4.69, 9.17) is 0 Å². The molecule has 1 aliphatic rings. The molecule has 2 heterocycles. The van der Waals surface area contributed by atoms with Gasteiger partial charge in [-0.25, -0.2) is 0 Å². The van der Waals surface area contributed by atoms with Gasteiger partial charge in [-0.15, -0.1) is 11.3 Å². The SMILES string of the molecule is CNC(CC1CN(C)CCN1)c1cccs1. The van der Waals surface area contributed by atoms with E-state index in [0.717, 1.165) is 13.1 Å². The third kappa shape index (κ3) is 3.04. The van der Waals surface area contributed by atoms with Crippen molar-refractivity contribution in [2.45, 2.75) is 18.5 Å². The van der Waals surface area contributed by atoms with Crippen LogP contribution in [0.15, 0.2) is 17.5 Å². The topological polar surface area (TPSA) is 27.3 Å². The summed E-state index contributed by atoms with van der Waals surface area (Å²) in [4.78, 5) is 3.85. The molecule has 0 spiro atoms. The van der Waals surface area contributed by atoms with Gasteiger partial charge in [-0.3, -0.25) is 0 Å². The Morgan fingerprint density at radius 1 is 1.69 bits per heavy atom. The van der Waals surface area contributed by atoms with E-state index in [1.165, 1.54) is 17.8 Å². The van der Waals surface area contributed by atoms with Gasteiger partial charge in [0.1, 0.15) is 0 Å². The number of hydrogen-bond donors (Lipinski definition) is 2. The fraction of sp³-hybridized carbons (Fsp3) is 0.667. The summed E-state index contributed by atoms with van der Waals surface area (Å²) in [5, 5.41) is 9.17. The monoisotopic (exact) mass is 239 g/mol. The summed E-state index contributed by atoms with van der Waals surface area (Å²) in [6.07, 6.45) is 1.17. The minimum Gasteiger partial charge on any atom is -0.312 e. The number of hydrogen-bond acceptors (Lipinski definition) is 4. The van der Waals surface area contributed by atoms with Crippen molar-refractivity contribution < 1.29 is 0 Å². The molecule has 2 atom stereocenters. The average Bonchev–Trinajstić information content (AvgIpc) is 2.79. The minimum atomic E-state index is 0.490. The highest BCUT2D eigenvalue weighted by Crippen LogP contribution is 2.23. The third-order valence-corrected chi connectivity index (χ3v) is 4.20. The second kappa shape index (κ2) is 5.77. The molecule has 1 aromatic heterocycles. The largest absolute Gasteiger partial charge is 0.312 e. The van der Waals surface area contributed by atoms with Crippen LogP contribution >= 0.6 is 11.3 Å². The zero-order valence-corrected chi connectivity index (χ0v) is 10.9. The fourth-order valence-electron chi connectivity index (χ4n) is 2.30. The first-order valence-corrected chi connectivity index (χ1v) is 6.80. The lowest BCUT2D eigenvalue weighted by Gasteiger charge is -2.32. The molecule has 16 heavy (non-hydrogen) atoms. The molecule has 1 fully saturated rings. The van der Waals surface area contributed by atoms with E-state index in [1.54, 1.807) is 0 Å². The molecular formula is C12H21N3S. The Balaban J connectivity index is 1.91. The lowest BCUT2D eigenvalue weighted by molar-refractivity contribution is 0.222. The first-order chi connectivity index (χ1) is 7.79. The van der Waals surface area contributed by atoms with Crippen LogP contribution in [0.25, 0.3) is 0 Å². The van der Waals surface area contributed by atoms with Crippen molar-refractivity contribution >= 4 is 11.3 Å². The van der Waals surface area contributed by atoms with Gasteiger partial charge in [-0.05, 0) is 32.0 Å². The molecule has 0 bridgehead atoms. The Hall–Kier alpha value is -0.420. The van der Waals surface area contributed by atoms with Gasteiger partial charge >= 0.3 is 0 Å². The van der Waals surface area contributed by atoms with E-state index in [-0.39, 0.29) is 0 Å². The first kappa shape index (κ1) is 12.0. The van der Waals surface area contributed by atoms with Gasteiger partial charge in [0.25, 0.3) is 0 Å². The molecule has 3 nitrogen and oxygen atoms in total. The van der Waals surface area contributed by atoms with E-state index in [9.17, 15) is 0 Å². The van der Waals surface area contributed by atoms with Crippen LogP contribution in [0.5, 0.6) is 0 Å². The normalized spacial score (nSPS) is 24.5. The standard InChI is InChI=1S/C12H21N3S/c1-13-11(12-4-3-7-16-12)8-10-9-15(2)6-5-14-10/h3-4,7,10-11,13-14H,5-6,8-9H2,1-2H3. The van der Waals surface area contributed by atoms with E-state index < -0.39 is 0 Å². The van der Waals surface area contributed by atoms with Crippen LogP contribution in [0.3, 0.4) is 0 Å². The molecule has 0 amide bonds. The maximum atomic E-state index is 3.60. The first-order valence-electron chi connectivity index (χ1n) is 5.92. The minimum absolute atomic E-state index is 0.490. The highest BCUT2D eigenvalue weighted by atomic mass is 32.1. The second-order valence-corrected chi connectivity index (χ2v) is 5.48. The molecule has 0 aromatic carbocycles. The summed E-state index contributed by atoms with van der Waals surface area (Å²) in [5.74, 6) is 0. The maximum Gasteiger partial charge on any atom is 0.0427 e. The third-order valence-electron chi connectivity index (χ3n) is 3.21. The van der Waals surface area contributed by atoms with Crippen LogP contribution in [-0.4, -0.2) is 44.7 Å². The lowest BCUT2D eigenvalue weighted by atomic mass is 10.0. The van der Waals surface area contributed by atoms with E-state index in [1.807, 2.05) is 11.3 Å². The van der Waals surface area contributed by atoms with Gasteiger partial charge in [-0.2, -0.15) is 0 Å². The van der Waals surface area contributed by atoms with Crippen molar-refractivity contribution in [2.75, 3.05) is 33.7 Å². The van der Waals surface area contributed by atoms with Crippen LogP contribution < -0.4 is 10.6 Å². The van der Waals surface area contributed by atoms with Crippen LogP contribution in [-0.2, 0) is 0 Å². The Morgan fingerprint density at radius 3 is 3.19 bits per heavy atom. The van der Waals surface area contributed by atoms with Crippen molar-refractivity contribution in [1.82, 2.24) is 15.5 Å². The molecule has 4 heteroatoms.